The third kappa shape index (κ3) is 3.19. The first-order valence-corrected chi connectivity index (χ1v) is 6.90. The van der Waals surface area contributed by atoms with Crippen molar-refractivity contribution in [1.29, 1.82) is 0 Å². The molecule has 17 heavy (non-hydrogen) atoms. The van der Waals surface area contributed by atoms with Crippen molar-refractivity contribution in [3.05, 3.63) is 0 Å². The highest BCUT2D eigenvalue weighted by molar-refractivity contribution is 4.87. The van der Waals surface area contributed by atoms with Crippen LogP contribution in [-0.4, -0.2) is 68.8 Å². The molecule has 0 aromatic heterocycles. The van der Waals surface area contributed by atoms with Crippen molar-refractivity contribution in [2.75, 3.05) is 46.9 Å². The molecule has 4 heteroatoms. The molecule has 2 heterocycles. The van der Waals surface area contributed by atoms with E-state index in [1.54, 1.807) is 0 Å². The fourth-order valence-electron chi connectivity index (χ4n) is 3.23. The van der Waals surface area contributed by atoms with Gasteiger partial charge in [0.05, 0.1) is 6.61 Å². The third-order valence-corrected chi connectivity index (χ3v) is 4.45. The van der Waals surface area contributed by atoms with E-state index in [0.29, 0.717) is 12.0 Å². The molecule has 0 bridgehead atoms. The number of piperidine rings is 1. The van der Waals surface area contributed by atoms with Gasteiger partial charge >= 0.3 is 0 Å². The van der Waals surface area contributed by atoms with Gasteiger partial charge in [0.15, 0.2) is 0 Å². The molecule has 2 rings (SSSR count). The first-order valence-electron chi connectivity index (χ1n) is 6.90. The smallest absolute Gasteiger partial charge is 0.0510 e. The standard InChI is InChI=1S/C13H27N3O/c1-15(2)12-3-6-16(7-4-12)13(9-14)11-5-8-17-10-11/h11-13H,3-10,14H2,1-2H3. The van der Waals surface area contributed by atoms with Gasteiger partial charge in [-0.05, 0) is 46.4 Å². The van der Waals surface area contributed by atoms with E-state index in [0.717, 1.165) is 25.8 Å². The lowest BCUT2D eigenvalue weighted by atomic mass is 9.94. The van der Waals surface area contributed by atoms with Crippen molar-refractivity contribution in [3.8, 4) is 0 Å². The zero-order chi connectivity index (χ0) is 12.3. The first kappa shape index (κ1) is 13.3. The maximum absolute atomic E-state index is 5.97. The Morgan fingerprint density at radius 1 is 1.29 bits per heavy atom. The third-order valence-electron chi connectivity index (χ3n) is 4.45. The summed E-state index contributed by atoms with van der Waals surface area (Å²) in [6.07, 6.45) is 3.74. The Kier molecular flexibility index (Phi) is 4.79. The highest BCUT2D eigenvalue weighted by atomic mass is 16.5. The maximum Gasteiger partial charge on any atom is 0.0510 e. The molecule has 2 aliphatic heterocycles. The number of nitrogens with zero attached hydrogens (tertiary/aromatic N) is 2. The predicted molar refractivity (Wildman–Crippen MR) is 70.1 cm³/mol. The van der Waals surface area contributed by atoms with Crippen LogP contribution in [0, 0.1) is 5.92 Å². The number of hydrogen-bond acceptors (Lipinski definition) is 4. The first-order chi connectivity index (χ1) is 8.22. The number of hydrogen-bond donors (Lipinski definition) is 1. The topological polar surface area (TPSA) is 41.7 Å². The molecule has 2 atom stereocenters. The maximum atomic E-state index is 5.97. The molecule has 0 aromatic rings. The van der Waals surface area contributed by atoms with Gasteiger partial charge in [0.25, 0.3) is 0 Å². The van der Waals surface area contributed by atoms with Gasteiger partial charge < -0.3 is 15.4 Å². The number of nitrogens with two attached hydrogens (primary N) is 1. The fourth-order valence-corrected chi connectivity index (χ4v) is 3.23. The average Bonchev–Trinajstić information content (AvgIpc) is 2.84. The summed E-state index contributed by atoms with van der Waals surface area (Å²) in [5.74, 6) is 0.663. The second kappa shape index (κ2) is 6.14. The molecular formula is C13H27N3O. The van der Waals surface area contributed by atoms with Crippen LogP contribution in [0.4, 0.5) is 0 Å². The van der Waals surface area contributed by atoms with Crippen LogP contribution in [0.5, 0.6) is 0 Å². The van der Waals surface area contributed by atoms with Crippen molar-refractivity contribution in [1.82, 2.24) is 9.80 Å². The Balaban J connectivity index is 1.85. The van der Waals surface area contributed by atoms with Gasteiger partial charge in [-0.25, -0.2) is 0 Å². The molecule has 0 spiro atoms. The molecule has 0 aliphatic carbocycles. The largest absolute Gasteiger partial charge is 0.381 e. The normalized spacial score (nSPS) is 30.0. The summed E-state index contributed by atoms with van der Waals surface area (Å²) in [6, 6.07) is 1.30. The monoisotopic (exact) mass is 241 g/mol. The molecule has 4 nitrogen and oxygen atoms in total. The summed E-state index contributed by atoms with van der Waals surface area (Å²) in [6.45, 7) is 5.01. The van der Waals surface area contributed by atoms with E-state index in [9.17, 15) is 0 Å². The molecule has 0 saturated carbocycles. The van der Waals surface area contributed by atoms with Crippen LogP contribution < -0.4 is 5.73 Å². The van der Waals surface area contributed by atoms with Crippen molar-refractivity contribution in [3.63, 3.8) is 0 Å². The predicted octanol–water partition coefficient (Wildman–Crippen LogP) is 0.376. The Labute approximate surface area is 105 Å². The van der Waals surface area contributed by atoms with E-state index < -0.39 is 0 Å². The lowest BCUT2D eigenvalue weighted by Crippen LogP contribution is -2.51. The van der Waals surface area contributed by atoms with E-state index in [-0.39, 0.29) is 0 Å². The zero-order valence-corrected chi connectivity index (χ0v) is 11.3. The molecule has 0 aromatic carbocycles. The van der Waals surface area contributed by atoms with Gasteiger partial charge in [0.2, 0.25) is 0 Å². The van der Waals surface area contributed by atoms with Gasteiger partial charge in [-0.1, -0.05) is 0 Å². The molecule has 100 valence electrons. The fraction of sp³-hybridized carbons (Fsp3) is 1.00. The summed E-state index contributed by atoms with van der Waals surface area (Å²) >= 11 is 0. The highest BCUT2D eigenvalue weighted by Gasteiger charge is 2.32. The Bertz CT molecular complexity index is 221. The van der Waals surface area contributed by atoms with Gasteiger partial charge in [-0.15, -0.1) is 0 Å². The summed E-state index contributed by atoms with van der Waals surface area (Å²) < 4.78 is 5.50. The SMILES string of the molecule is CN(C)C1CCN(C(CN)C2CCOC2)CC1. The molecule has 2 N–H and O–H groups in total. The van der Waals surface area contributed by atoms with E-state index in [4.69, 9.17) is 10.5 Å². The quantitative estimate of drug-likeness (QED) is 0.772. The summed E-state index contributed by atoms with van der Waals surface area (Å²) in [7, 11) is 4.37. The van der Waals surface area contributed by atoms with Crippen molar-refractivity contribution >= 4 is 0 Å². The molecular weight excluding hydrogens is 214 g/mol. The van der Waals surface area contributed by atoms with Crippen LogP contribution in [0.2, 0.25) is 0 Å². The second-order valence-electron chi connectivity index (χ2n) is 5.66. The Hall–Kier alpha value is -0.160. The molecule has 2 unspecified atom stereocenters. The van der Waals surface area contributed by atoms with Crippen molar-refractivity contribution < 1.29 is 4.74 Å². The summed E-state index contributed by atoms with van der Waals surface area (Å²) in [5, 5.41) is 0. The Morgan fingerprint density at radius 3 is 2.47 bits per heavy atom. The lowest BCUT2D eigenvalue weighted by Gasteiger charge is -2.41. The molecule has 0 radical (unpaired) electrons. The molecule has 2 saturated heterocycles. The van der Waals surface area contributed by atoms with Gasteiger partial charge in [-0.2, -0.15) is 0 Å². The highest BCUT2D eigenvalue weighted by Crippen LogP contribution is 2.24. The van der Waals surface area contributed by atoms with Crippen LogP contribution in [0.3, 0.4) is 0 Å². The van der Waals surface area contributed by atoms with Crippen LogP contribution in [0.15, 0.2) is 0 Å². The summed E-state index contributed by atoms with van der Waals surface area (Å²) in [4.78, 5) is 4.95. The minimum atomic E-state index is 0.542. The van der Waals surface area contributed by atoms with Crippen molar-refractivity contribution in [2.45, 2.75) is 31.3 Å². The Morgan fingerprint density at radius 2 is 2.00 bits per heavy atom. The minimum Gasteiger partial charge on any atom is -0.381 e. The van der Waals surface area contributed by atoms with Gasteiger partial charge in [-0.3, -0.25) is 4.90 Å². The van der Waals surface area contributed by atoms with E-state index >= 15 is 0 Å². The van der Waals surface area contributed by atoms with Crippen LogP contribution in [0.25, 0.3) is 0 Å². The van der Waals surface area contributed by atoms with E-state index in [1.807, 2.05) is 0 Å². The van der Waals surface area contributed by atoms with Crippen molar-refractivity contribution in [2.24, 2.45) is 11.7 Å². The minimum absolute atomic E-state index is 0.542. The van der Waals surface area contributed by atoms with Crippen LogP contribution in [0.1, 0.15) is 19.3 Å². The second-order valence-corrected chi connectivity index (χ2v) is 5.66. The van der Waals surface area contributed by atoms with E-state index in [2.05, 4.69) is 23.9 Å². The van der Waals surface area contributed by atoms with Gasteiger partial charge in [0, 0.05) is 31.2 Å². The number of rotatable bonds is 4. The lowest BCUT2D eigenvalue weighted by molar-refractivity contribution is 0.0760. The molecule has 2 aliphatic rings. The van der Waals surface area contributed by atoms with Crippen LogP contribution in [-0.2, 0) is 4.74 Å². The average molecular weight is 241 g/mol. The van der Waals surface area contributed by atoms with Gasteiger partial charge in [0.1, 0.15) is 0 Å². The summed E-state index contributed by atoms with van der Waals surface area (Å²) in [5.41, 5.74) is 5.97. The molecule has 0 amide bonds. The number of ether oxygens (including phenoxy) is 1. The number of likely N-dealkylation sites (tertiary alicyclic amines) is 1. The zero-order valence-electron chi connectivity index (χ0n) is 11.3. The van der Waals surface area contributed by atoms with E-state index in [1.165, 1.54) is 32.4 Å². The van der Waals surface area contributed by atoms with Crippen LogP contribution >= 0.6 is 0 Å². The molecule has 2 fully saturated rings.